The highest BCUT2D eigenvalue weighted by Gasteiger charge is 2.13. The lowest BCUT2D eigenvalue weighted by molar-refractivity contribution is -0.127. The molecule has 0 bridgehead atoms. The highest BCUT2D eigenvalue weighted by Crippen LogP contribution is 2.08. The fourth-order valence-corrected chi connectivity index (χ4v) is 3.24. The van der Waals surface area contributed by atoms with Gasteiger partial charge >= 0.3 is 0 Å². The highest BCUT2D eigenvalue weighted by atomic mass is 79.9. The van der Waals surface area contributed by atoms with Crippen LogP contribution in [-0.2, 0) is 28.8 Å². The summed E-state index contributed by atoms with van der Waals surface area (Å²) in [5.74, 6) is -0.543. The van der Waals surface area contributed by atoms with Gasteiger partial charge in [-0.05, 0) is 0 Å². The topological polar surface area (TPSA) is 102 Å². The van der Waals surface area contributed by atoms with Crippen LogP contribution in [0.15, 0.2) is 0 Å². The summed E-state index contributed by atoms with van der Waals surface area (Å²) in [6.45, 7) is 0. The van der Waals surface area contributed by atoms with Crippen molar-refractivity contribution in [2.45, 2.75) is 77.0 Å². The average molecular weight is 524 g/mol. The molecule has 0 fully saturated rings. The first-order valence-electron chi connectivity index (χ1n) is 9.50. The van der Waals surface area contributed by atoms with E-state index in [-0.39, 0.29) is 98.9 Å². The molecule has 0 heterocycles. The molecule has 0 aromatic rings. The van der Waals surface area contributed by atoms with Gasteiger partial charge in [0.25, 0.3) is 0 Å². The van der Waals surface area contributed by atoms with Gasteiger partial charge in [-0.3, -0.25) is 28.8 Å². The van der Waals surface area contributed by atoms with Crippen molar-refractivity contribution in [1.29, 1.82) is 0 Å². The van der Waals surface area contributed by atoms with Crippen molar-refractivity contribution in [2.24, 2.45) is 0 Å². The van der Waals surface area contributed by atoms with Gasteiger partial charge in [0.1, 0.15) is 34.7 Å². The monoisotopic (exact) mass is 522 g/mol. The summed E-state index contributed by atoms with van der Waals surface area (Å²) < 4.78 is 0. The number of ketones is 6. The third-order valence-corrected chi connectivity index (χ3v) is 4.95. The van der Waals surface area contributed by atoms with Gasteiger partial charge in [0.2, 0.25) is 0 Å². The maximum Gasteiger partial charge on any atom is 0.134 e. The number of hydrogen-bond acceptors (Lipinski definition) is 6. The van der Waals surface area contributed by atoms with Crippen LogP contribution in [0.25, 0.3) is 0 Å². The maximum atomic E-state index is 11.8. The normalized spacial score (nSPS) is 10.5. The number of carbonyl (C=O) groups is 6. The average Bonchev–Trinajstić information content (AvgIpc) is 2.66. The number of Topliss-reactive ketones (excluding diaryl/α,β-unsaturated/α-hetero) is 6. The molecule has 6 nitrogen and oxygen atoms in total. The van der Waals surface area contributed by atoms with E-state index in [9.17, 15) is 28.8 Å². The first-order valence-corrected chi connectivity index (χ1v) is 11.7. The van der Waals surface area contributed by atoms with Crippen LogP contribution in [0.1, 0.15) is 77.0 Å². The Kier molecular flexibility index (Phi) is 16.3. The minimum Gasteiger partial charge on any atom is -0.300 e. The second kappa shape index (κ2) is 16.9. The van der Waals surface area contributed by atoms with E-state index in [1.807, 2.05) is 0 Å². The molecule has 0 aliphatic carbocycles. The van der Waals surface area contributed by atoms with Crippen molar-refractivity contribution in [3.8, 4) is 0 Å². The van der Waals surface area contributed by atoms with E-state index in [0.29, 0.717) is 23.5 Å². The van der Waals surface area contributed by atoms with Crippen molar-refractivity contribution in [2.75, 3.05) is 10.7 Å². The molecule has 0 N–H and O–H groups in total. The van der Waals surface area contributed by atoms with E-state index < -0.39 is 0 Å². The second-order valence-electron chi connectivity index (χ2n) is 6.61. The Bertz CT molecular complexity index is 521. The molecule has 0 amide bonds. The van der Waals surface area contributed by atoms with E-state index in [1.54, 1.807) is 0 Å². The zero-order chi connectivity index (χ0) is 21.4. The van der Waals surface area contributed by atoms with Gasteiger partial charge < -0.3 is 0 Å². The molecular weight excluding hydrogens is 496 g/mol. The van der Waals surface area contributed by atoms with E-state index in [2.05, 4.69) is 31.9 Å². The quantitative estimate of drug-likeness (QED) is 0.238. The summed E-state index contributed by atoms with van der Waals surface area (Å²) in [5, 5.41) is 1.15. The minimum atomic E-state index is -0.166. The fourth-order valence-electron chi connectivity index (χ4n) is 2.35. The molecule has 28 heavy (non-hydrogen) atoms. The van der Waals surface area contributed by atoms with Crippen LogP contribution in [0, 0.1) is 0 Å². The number of alkyl halides is 2. The molecule has 0 aliphatic heterocycles. The van der Waals surface area contributed by atoms with E-state index >= 15 is 0 Å². The van der Waals surface area contributed by atoms with Crippen LogP contribution in [0.5, 0.6) is 0 Å². The molecule has 0 saturated carbocycles. The van der Waals surface area contributed by atoms with Gasteiger partial charge in [0, 0.05) is 87.7 Å². The Morgan fingerprint density at radius 3 is 0.607 bits per heavy atom. The molecular formula is C20H28Br2O6. The molecule has 0 aromatic heterocycles. The molecule has 0 spiro atoms. The Labute approximate surface area is 182 Å². The summed E-state index contributed by atoms with van der Waals surface area (Å²) in [4.78, 5) is 69.6. The summed E-state index contributed by atoms with van der Waals surface area (Å²) >= 11 is 6.32. The molecule has 0 aliphatic rings. The summed E-state index contributed by atoms with van der Waals surface area (Å²) in [7, 11) is 0. The fraction of sp³-hybridized carbons (Fsp3) is 0.700. The van der Waals surface area contributed by atoms with Crippen molar-refractivity contribution in [3.05, 3.63) is 0 Å². The zero-order valence-electron chi connectivity index (χ0n) is 16.1. The van der Waals surface area contributed by atoms with E-state index in [1.165, 1.54) is 0 Å². The predicted octanol–water partition coefficient (Wildman–Crippen LogP) is 3.87. The van der Waals surface area contributed by atoms with Crippen molar-refractivity contribution in [3.63, 3.8) is 0 Å². The van der Waals surface area contributed by atoms with Crippen LogP contribution in [0.4, 0.5) is 0 Å². The third-order valence-electron chi connectivity index (χ3n) is 4.16. The van der Waals surface area contributed by atoms with Crippen LogP contribution < -0.4 is 0 Å². The molecule has 0 radical (unpaired) electrons. The van der Waals surface area contributed by atoms with Gasteiger partial charge in [-0.1, -0.05) is 31.9 Å². The van der Waals surface area contributed by atoms with E-state index in [0.717, 1.165) is 0 Å². The molecule has 0 unspecified atom stereocenters. The third kappa shape index (κ3) is 16.0. The van der Waals surface area contributed by atoms with Crippen molar-refractivity contribution >= 4 is 66.6 Å². The Morgan fingerprint density at radius 1 is 0.321 bits per heavy atom. The highest BCUT2D eigenvalue weighted by molar-refractivity contribution is 9.09. The standard InChI is InChI=1S/C20H28Br2O6/c21-13-11-19(27)9-7-17(25)5-3-15(23)1-2-16(24)4-6-18(26)8-10-20(28)12-14-22/h1-14H2. The van der Waals surface area contributed by atoms with Crippen molar-refractivity contribution < 1.29 is 28.8 Å². The van der Waals surface area contributed by atoms with Crippen molar-refractivity contribution in [1.82, 2.24) is 0 Å². The Morgan fingerprint density at radius 2 is 0.464 bits per heavy atom. The van der Waals surface area contributed by atoms with Gasteiger partial charge in [0.05, 0.1) is 0 Å². The molecule has 0 aromatic carbocycles. The van der Waals surface area contributed by atoms with Crippen LogP contribution >= 0.6 is 31.9 Å². The second-order valence-corrected chi connectivity index (χ2v) is 8.20. The lowest BCUT2D eigenvalue weighted by Gasteiger charge is -2.03. The van der Waals surface area contributed by atoms with E-state index in [4.69, 9.17) is 0 Å². The first-order chi connectivity index (χ1) is 13.3. The number of halogens is 2. The van der Waals surface area contributed by atoms with Crippen LogP contribution in [0.2, 0.25) is 0 Å². The van der Waals surface area contributed by atoms with Crippen LogP contribution in [0.3, 0.4) is 0 Å². The van der Waals surface area contributed by atoms with Crippen LogP contribution in [-0.4, -0.2) is 45.4 Å². The molecule has 0 atom stereocenters. The molecule has 0 saturated heterocycles. The summed E-state index contributed by atoms with van der Waals surface area (Å²) in [6, 6.07) is 0. The van der Waals surface area contributed by atoms with Gasteiger partial charge in [-0.25, -0.2) is 0 Å². The first kappa shape index (κ1) is 27.0. The Hall–Kier alpha value is -1.02. The molecule has 0 rings (SSSR count). The Balaban J connectivity index is 3.84. The van der Waals surface area contributed by atoms with Gasteiger partial charge in [0.15, 0.2) is 0 Å². The predicted molar refractivity (Wildman–Crippen MR) is 113 cm³/mol. The maximum absolute atomic E-state index is 11.8. The summed E-state index contributed by atoms with van der Waals surface area (Å²) in [5.41, 5.74) is 0. The number of hydrogen-bond donors (Lipinski definition) is 0. The number of carbonyl (C=O) groups excluding carboxylic acids is 6. The van der Waals surface area contributed by atoms with Gasteiger partial charge in [-0.15, -0.1) is 0 Å². The SMILES string of the molecule is O=C(CCBr)CCC(=O)CCC(=O)CCC(=O)CCC(=O)CCC(=O)CCBr. The largest absolute Gasteiger partial charge is 0.300 e. The minimum absolute atomic E-state index is 0.0178. The molecule has 158 valence electrons. The number of rotatable bonds is 19. The van der Waals surface area contributed by atoms with Gasteiger partial charge in [-0.2, -0.15) is 0 Å². The zero-order valence-corrected chi connectivity index (χ0v) is 19.3. The molecule has 8 heteroatoms. The lowest BCUT2D eigenvalue weighted by Crippen LogP contribution is -2.10. The summed E-state index contributed by atoms with van der Waals surface area (Å²) in [6.07, 6.45) is 1.95. The lowest BCUT2D eigenvalue weighted by atomic mass is 10.0. The smallest absolute Gasteiger partial charge is 0.134 e.